The number of aromatic hydroxyl groups is 1. The van der Waals surface area contributed by atoms with Gasteiger partial charge in [-0.05, 0) is 17.7 Å². The number of aromatic nitrogens is 4. The number of fused-ring (bicyclic) bond motifs is 1. The second-order valence-corrected chi connectivity index (χ2v) is 19.0. The summed E-state index contributed by atoms with van der Waals surface area (Å²) in [5.41, 5.74) is 4.66. The number of amides is 2. The lowest BCUT2D eigenvalue weighted by Gasteiger charge is -2.30. The second kappa shape index (κ2) is 20.6. The molecule has 1 fully saturated rings. The van der Waals surface area contributed by atoms with Gasteiger partial charge in [0.1, 0.15) is 42.0 Å². The number of hydrogen-bond donors (Lipinski definition) is 11. The van der Waals surface area contributed by atoms with Gasteiger partial charge in [-0.2, -0.15) is 4.31 Å². The summed E-state index contributed by atoms with van der Waals surface area (Å²) in [4.78, 5) is 87.9. The summed E-state index contributed by atoms with van der Waals surface area (Å²) in [6, 6.07) is 5.73. The molecular formula is C30H44N7O19P3S. The van der Waals surface area contributed by atoms with Gasteiger partial charge in [0.05, 0.1) is 25.6 Å². The fourth-order valence-electron chi connectivity index (χ4n) is 5.33. The molecule has 0 aliphatic carbocycles. The molecule has 30 heteroatoms. The smallest absolute Gasteiger partial charge is 0.481 e. The summed E-state index contributed by atoms with van der Waals surface area (Å²) in [5.74, 6) is -1.37. The van der Waals surface area contributed by atoms with Crippen molar-refractivity contribution in [3.8, 4) is 5.75 Å². The minimum atomic E-state index is -5.59. The van der Waals surface area contributed by atoms with E-state index in [0.717, 1.165) is 29.0 Å². The standard InChI is InChI=1S/C30H44N7O19P3S/c1-30(2,25(43)28(44)33-8-7-20(40)32-9-10-60-21(41)11-18(39)16-3-5-17(38)6-4-16)13-53-59(50,51)56-58(48,49)52-12-19-24(55-57(45,46)47)23(42)29(54-19)37-15-36-22-26(31)34-14-35-27(22)37/h3-6,14-15,18-19,23-25,29,38-39,42-43H,7-13H2,1-2H3,(H,32,40)(H,33,44)(H,48,49)(H,50,51)(H2,31,34,35)(H2,45,46,47)/t18?,19-,23-,24-,25+,29-/m1/s1. The average molecular weight is 932 g/mol. The molecule has 3 unspecified atom stereocenters. The van der Waals surface area contributed by atoms with E-state index in [1.54, 1.807) is 0 Å². The van der Waals surface area contributed by atoms with E-state index >= 15 is 0 Å². The number of nitrogens with one attached hydrogen (secondary N) is 2. The van der Waals surface area contributed by atoms with Gasteiger partial charge in [0.15, 0.2) is 22.8 Å². The number of nitrogens with two attached hydrogens (primary N) is 1. The third-order valence-electron chi connectivity index (χ3n) is 8.40. The number of phenols is 1. The van der Waals surface area contributed by atoms with Gasteiger partial charge in [-0.1, -0.05) is 37.7 Å². The van der Waals surface area contributed by atoms with Gasteiger partial charge < -0.3 is 61.1 Å². The number of nitrogen functional groups attached to an aromatic ring is 1. The Morgan fingerprint density at radius 2 is 1.67 bits per heavy atom. The van der Waals surface area contributed by atoms with Gasteiger partial charge in [-0.15, -0.1) is 0 Å². The summed E-state index contributed by atoms with van der Waals surface area (Å²) < 4.78 is 62.1. The number of phenolic OH excluding ortho intramolecular Hbond substituents is 1. The largest absolute Gasteiger partial charge is 0.508 e. The zero-order valence-corrected chi connectivity index (χ0v) is 35.1. The highest BCUT2D eigenvalue weighted by atomic mass is 32.2. The molecule has 3 aromatic rings. The Kier molecular flexibility index (Phi) is 16.9. The average Bonchev–Trinajstić information content (AvgIpc) is 3.71. The van der Waals surface area contributed by atoms with Crippen LogP contribution < -0.4 is 16.4 Å². The molecule has 0 spiro atoms. The topological polar surface area (TPSA) is 404 Å². The lowest BCUT2D eigenvalue weighted by atomic mass is 9.87. The SMILES string of the molecule is CC(C)(COP(=O)(O)OP(=O)(O)OC[C@H]1O[C@@H](n2cnc3c(N)ncnc32)[C@H](O)[C@@H]1OP(=O)(O)O)[C@@H](O)C(=O)NCCC(=O)NCCSC(=O)CC(O)c1ccc(O)cc1. The first-order valence-corrected chi connectivity index (χ1v) is 22.9. The van der Waals surface area contributed by atoms with E-state index in [1.165, 1.54) is 38.1 Å². The van der Waals surface area contributed by atoms with Crippen molar-refractivity contribution in [2.24, 2.45) is 5.41 Å². The molecule has 1 saturated heterocycles. The lowest BCUT2D eigenvalue weighted by molar-refractivity contribution is -0.137. The molecule has 8 atom stereocenters. The van der Waals surface area contributed by atoms with Crippen LogP contribution in [0.25, 0.3) is 11.2 Å². The number of phosphoric ester groups is 3. The fourth-order valence-corrected chi connectivity index (χ4v) is 8.86. The minimum absolute atomic E-state index is 0.0125. The van der Waals surface area contributed by atoms with Crippen molar-refractivity contribution in [1.29, 1.82) is 0 Å². The predicted molar refractivity (Wildman–Crippen MR) is 205 cm³/mol. The molecule has 3 heterocycles. The zero-order chi connectivity index (χ0) is 44.6. The Bertz CT molecular complexity index is 2130. The molecule has 0 bridgehead atoms. The molecule has 60 heavy (non-hydrogen) atoms. The van der Waals surface area contributed by atoms with Crippen LogP contribution in [0.2, 0.25) is 0 Å². The van der Waals surface area contributed by atoms with Crippen LogP contribution in [0.1, 0.15) is 44.6 Å². The number of benzene rings is 1. The van der Waals surface area contributed by atoms with E-state index in [2.05, 4.69) is 34.4 Å². The number of aliphatic hydroxyl groups is 3. The Morgan fingerprint density at radius 3 is 2.33 bits per heavy atom. The minimum Gasteiger partial charge on any atom is -0.508 e. The second-order valence-electron chi connectivity index (χ2n) is 13.6. The van der Waals surface area contributed by atoms with E-state index in [1.807, 2.05) is 0 Å². The van der Waals surface area contributed by atoms with E-state index in [-0.39, 0.29) is 59.5 Å². The molecule has 2 amide bonds. The van der Waals surface area contributed by atoms with Crippen LogP contribution in [0.4, 0.5) is 5.82 Å². The van der Waals surface area contributed by atoms with Crippen molar-refractivity contribution in [2.75, 3.05) is 37.8 Å². The van der Waals surface area contributed by atoms with Crippen molar-refractivity contribution in [3.05, 3.63) is 42.5 Å². The number of nitrogens with zero attached hydrogens (tertiary/aromatic N) is 4. The Labute approximate surface area is 344 Å². The molecule has 1 aromatic carbocycles. The highest BCUT2D eigenvalue weighted by Crippen LogP contribution is 2.61. The van der Waals surface area contributed by atoms with Crippen LogP contribution in [-0.2, 0) is 50.7 Å². The van der Waals surface area contributed by atoms with Gasteiger partial charge in [0.25, 0.3) is 0 Å². The molecule has 2 aromatic heterocycles. The van der Waals surface area contributed by atoms with Crippen molar-refractivity contribution in [3.63, 3.8) is 0 Å². The molecule has 26 nitrogen and oxygen atoms in total. The number of rotatable bonds is 22. The van der Waals surface area contributed by atoms with Gasteiger partial charge in [0.2, 0.25) is 11.8 Å². The number of carbonyl (C=O) groups is 3. The van der Waals surface area contributed by atoms with Crippen molar-refractivity contribution in [2.45, 2.75) is 63.4 Å². The summed E-state index contributed by atoms with van der Waals surface area (Å²) in [6.45, 7) is 0.229. The molecule has 1 aliphatic rings. The maximum atomic E-state index is 12.7. The number of anilines is 1. The maximum absolute atomic E-state index is 12.7. The number of phosphoric acid groups is 3. The first-order chi connectivity index (χ1) is 27.9. The first kappa shape index (κ1) is 49.2. The fraction of sp³-hybridized carbons (Fsp3) is 0.533. The first-order valence-electron chi connectivity index (χ1n) is 17.4. The summed E-state index contributed by atoms with van der Waals surface area (Å²) >= 11 is 0.887. The molecular weight excluding hydrogens is 887 g/mol. The zero-order valence-electron chi connectivity index (χ0n) is 31.6. The summed E-state index contributed by atoms with van der Waals surface area (Å²) in [6.07, 6.45) is -8.35. The molecule has 1 aliphatic heterocycles. The van der Waals surface area contributed by atoms with E-state index in [0.29, 0.717) is 5.56 Å². The molecule has 334 valence electrons. The normalized spacial score (nSPS) is 21.5. The molecule has 0 radical (unpaired) electrons. The van der Waals surface area contributed by atoms with Gasteiger partial charge >= 0.3 is 23.5 Å². The van der Waals surface area contributed by atoms with Crippen molar-refractivity contribution < 1.29 is 90.7 Å². The number of aliphatic hydroxyl groups excluding tert-OH is 3. The Morgan fingerprint density at radius 1 is 1.00 bits per heavy atom. The maximum Gasteiger partial charge on any atom is 0.481 e. The number of hydrogen-bond acceptors (Lipinski definition) is 20. The number of thioether (sulfide) groups is 1. The van der Waals surface area contributed by atoms with E-state index in [9.17, 15) is 68.1 Å². The van der Waals surface area contributed by atoms with E-state index < -0.39 is 90.7 Å². The van der Waals surface area contributed by atoms with Gasteiger partial charge in [0, 0.05) is 37.1 Å². The van der Waals surface area contributed by atoms with Crippen LogP contribution in [0.5, 0.6) is 5.75 Å². The lowest BCUT2D eigenvalue weighted by Crippen LogP contribution is -2.46. The van der Waals surface area contributed by atoms with Crippen LogP contribution in [0, 0.1) is 5.41 Å². The predicted octanol–water partition coefficient (Wildman–Crippen LogP) is -0.506. The quantitative estimate of drug-likeness (QED) is 0.0446. The summed E-state index contributed by atoms with van der Waals surface area (Å²) in [7, 11) is -16.5. The molecule has 0 saturated carbocycles. The van der Waals surface area contributed by atoms with Crippen LogP contribution in [0.3, 0.4) is 0 Å². The Balaban J connectivity index is 1.19. The number of ether oxygens (including phenoxy) is 1. The number of imidazole rings is 1. The summed E-state index contributed by atoms with van der Waals surface area (Å²) in [5, 5.41) is 45.5. The highest BCUT2D eigenvalue weighted by Gasteiger charge is 2.50. The van der Waals surface area contributed by atoms with Crippen LogP contribution in [-0.4, -0.2) is 133 Å². The van der Waals surface area contributed by atoms with Crippen molar-refractivity contribution >= 4 is 69.1 Å². The molecule has 12 N–H and O–H groups in total. The van der Waals surface area contributed by atoms with Crippen molar-refractivity contribution in [1.82, 2.24) is 30.2 Å². The highest BCUT2D eigenvalue weighted by molar-refractivity contribution is 8.13. The third kappa shape index (κ3) is 14.3. The van der Waals surface area contributed by atoms with E-state index in [4.69, 9.17) is 19.5 Å². The molecule has 4 rings (SSSR count). The monoisotopic (exact) mass is 931 g/mol. The number of carbonyl (C=O) groups excluding carboxylic acids is 3. The van der Waals surface area contributed by atoms with Gasteiger partial charge in [-0.3, -0.25) is 32.5 Å². The van der Waals surface area contributed by atoms with Gasteiger partial charge in [-0.25, -0.2) is 28.6 Å². The van der Waals surface area contributed by atoms with Crippen LogP contribution in [0.15, 0.2) is 36.9 Å². The van der Waals surface area contributed by atoms with Crippen LogP contribution >= 0.6 is 35.2 Å². The Hall–Kier alpha value is -3.46. The third-order valence-corrected chi connectivity index (χ3v) is 12.4.